The van der Waals surface area contributed by atoms with Gasteiger partial charge in [-0.15, -0.1) is 0 Å². The molecule has 0 heterocycles. The standard InChI is InChI=1S/C12H14BrN3O/c1-3-15-12(17)8-16(2)10-5-4-9(7-14)11(13)6-10/h4-6H,3,8H2,1-2H3,(H,15,17). The van der Waals surface area contributed by atoms with Crippen LogP contribution in [0.25, 0.3) is 0 Å². The molecule has 0 aromatic heterocycles. The largest absolute Gasteiger partial charge is 0.365 e. The molecule has 0 spiro atoms. The van der Waals surface area contributed by atoms with E-state index in [4.69, 9.17) is 5.26 Å². The predicted molar refractivity (Wildman–Crippen MR) is 70.8 cm³/mol. The third kappa shape index (κ3) is 3.75. The highest BCUT2D eigenvalue weighted by Crippen LogP contribution is 2.22. The van der Waals surface area contributed by atoms with Gasteiger partial charge in [0.15, 0.2) is 0 Å². The Labute approximate surface area is 109 Å². The van der Waals surface area contributed by atoms with Crippen molar-refractivity contribution in [1.82, 2.24) is 5.32 Å². The van der Waals surface area contributed by atoms with Crippen LogP contribution >= 0.6 is 15.9 Å². The van der Waals surface area contributed by atoms with E-state index in [1.54, 1.807) is 6.07 Å². The molecule has 0 fully saturated rings. The molecular weight excluding hydrogens is 282 g/mol. The minimum atomic E-state index is -0.0181. The number of nitrogens with zero attached hydrogens (tertiary/aromatic N) is 2. The number of nitrogens with one attached hydrogen (secondary N) is 1. The number of amides is 1. The lowest BCUT2D eigenvalue weighted by Gasteiger charge is -2.19. The van der Waals surface area contributed by atoms with Crippen LogP contribution < -0.4 is 10.2 Å². The average Bonchev–Trinajstić information content (AvgIpc) is 2.29. The first kappa shape index (κ1) is 13.5. The minimum Gasteiger partial charge on any atom is -0.365 e. The number of halogens is 1. The first-order valence-corrected chi connectivity index (χ1v) is 6.05. The Morgan fingerprint density at radius 2 is 2.29 bits per heavy atom. The van der Waals surface area contributed by atoms with Crippen LogP contribution in [0.15, 0.2) is 22.7 Å². The van der Waals surface area contributed by atoms with Crippen molar-refractivity contribution in [2.75, 3.05) is 25.0 Å². The van der Waals surface area contributed by atoms with Gasteiger partial charge in [0.2, 0.25) is 5.91 Å². The van der Waals surface area contributed by atoms with Crippen LogP contribution in [0.1, 0.15) is 12.5 Å². The number of anilines is 1. The third-order valence-corrected chi connectivity index (χ3v) is 2.92. The van der Waals surface area contributed by atoms with Crippen LogP contribution in [0, 0.1) is 11.3 Å². The van der Waals surface area contributed by atoms with E-state index in [1.165, 1.54) is 0 Å². The van der Waals surface area contributed by atoms with Gasteiger partial charge in [0.1, 0.15) is 6.07 Å². The Balaban J connectivity index is 2.76. The first-order chi connectivity index (χ1) is 8.08. The molecule has 1 rings (SSSR count). The van der Waals surface area contributed by atoms with Gasteiger partial charge < -0.3 is 10.2 Å². The van der Waals surface area contributed by atoms with Crippen molar-refractivity contribution in [3.05, 3.63) is 28.2 Å². The van der Waals surface area contributed by atoms with Gasteiger partial charge >= 0.3 is 0 Å². The molecular formula is C12H14BrN3O. The third-order valence-electron chi connectivity index (χ3n) is 2.27. The molecule has 17 heavy (non-hydrogen) atoms. The average molecular weight is 296 g/mol. The fraction of sp³-hybridized carbons (Fsp3) is 0.333. The summed E-state index contributed by atoms with van der Waals surface area (Å²) >= 11 is 3.32. The number of hydrogen-bond donors (Lipinski definition) is 1. The molecule has 90 valence electrons. The zero-order valence-electron chi connectivity index (χ0n) is 9.83. The van der Waals surface area contributed by atoms with E-state index in [0.717, 1.165) is 10.2 Å². The number of rotatable bonds is 4. The quantitative estimate of drug-likeness (QED) is 0.923. The molecule has 0 unspecified atom stereocenters. The molecule has 1 N–H and O–H groups in total. The lowest BCUT2D eigenvalue weighted by molar-refractivity contribution is -0.119. The summed E-state index contributed by atoms with van der Waals surface area (Å²) in [6.07, 6.45) is 0. The number of likely N-dealkylation sites (N-methyl/N-ethyl adjacent to an activating group) is 2. The van der Waals surface area contributed by atoms with Crippen molar-refractivity contribution in [2.24, 2.45) is 0 Å². The van der Waals surface area contributed by atoms with E-state index in [1.807, 2.05) is 31.0 Å². The highest BCUT2D eigenvalue weighted by atomic mass is 79.9. The Hall–Kier alpha value is -1.54. The summed E-state index contributed by atoms with van der Waals surface area (Å²) in [7, 11) is 1.84. The van der Waals surface area contributed by atoms with Crippen LogP contribution in [-0.2, 0) is 4.79 Å². The van der Waals surface area contributed by atoms with Gasteiger partial charge in [0.05, 0.1) is 12.1 Å². The number of carbonyl (C=O) groups excluding carboxylic acids is 1. The summed E-state index contributed by atoms with van der Waals surface area (Å²) in [6.45, 7) is 2.81. The second kappa shape index (κ2) is 6.26. The van der Waals surface area contributed by atoms with Crippen LogP contribution in [0.5, 0.6) is 0 Å². The Kier molecular flexibility index (Phi) is 4.98. The molecule has 1 aromatic rings. The zero-order chi connectivity index (χ0) is 12.8. The Morgan fingerprint density at radius 3 is 2.82 bits per heavy atom. The summed E-state index contributed by atoms with van der Waals surface area (Å²) in [6, 6.07) is 7.46. The van der Waals surface area contributed by atoms with Crippen molar-refractivity contribution in [3.8, 4) is 6.07 Å². The maximum absolute atomic E-state index is 11.4. The molecule has 1 aromatic carbocycles. The van der Waals surface area contributed by atoms with Crippen molar-refractivity contribution in [1.29, 1.82) is 5.26 Å². The van der Waals surface area contributed by atoms with Gasteiger partial charge in [0.25, 0.3) is 0 Å². The van der Waals surface area contributed by atoms with Gasteiger partial charge in [-0.3, -0.25) is 4.79 Å². The summed E-state index contributed by atoms with van der Waals surface area (Å²) in [4.78, 5) is 13.2. The first-order valence-electron chi connectivity index (χ1n) is 5.26. The Morgan fingerprint density at radius 1 is 1.59 bits per heavy atom. The summed E-state index contributed by atoms with van der Waals surface area (Å²) in [5.74, 6) is -0.0181. The van der Waals surface area contributed by atoms with Gasteiger partial charge in [0, 0.05) is 23.8 Å². The fourth-order valence-corrected chi connectivity index (χ4v) is 1.85. The normalized spacial score (nSPS) is 9.53. The van der Waals surface area contributed by atoms with Crippen LogP contribution in [0.4, 0.5) is 5.69 Å². The number of nitriles is 1. The maximum atomic E-state index is 11.4. The smallest absolute Gasteiger partial charge is 0.239 e. The van der Waals surface area contributed by atoms with Crippen molar-refractivity contribution < 1.29 is 4.79 Å². The highest BCUT2D eigenvalue weighted by molar-refractivity contribution is 9.10. The maximum Gasteiger partial charge on any atom is 0.239 e. The Bertz CT molecular complexity index is 454. The van der Waals surface area contributed by atoms with Gasteiger partial charge in [-0.2, -0.15) is 5.26 Å². The zero-order valence-corrected chi connectivity index (χ0v) is 11.4. The summed E-state index contributed by atoms with van der Waals surface area (Å²) in [5.41, 5.74) is 1.47. The minimum absolute atomic E-state index is 0.0181. The molecule has 0 aliphatic heterocycles. The monoisotopic (exact) mass is 295 g/mol. The SMILES string of the molecule is CCNC(=O)CN(C)c1ccc(C#N)c(Br)c1. The molecule has 0 bridgehead atoms. The van der Waals surface area contributed by atoms with Gasteiger partial charge in [-0.1, -0.05) is 0 Å². The molecule has 0 saturated carbocycles. The molecule has 5 heteroatoms. The van der Waals surface area contributed by atoms with Crippen molar-refractivity contribution >= 4 is 27.5 Å². The van der Waals surface area contributed by atoms with Crippen LogP contribution in [0.2, 0.25) is 0 Å². The molecule has 0 aliphatic carbocycles. The van der Waals surface area contributed by atoms with E-state index in [-0.39, 0.29) is 5.91 Å². The lowest BCUT2D eigenvalue weighted by Crippen LogP contribution is -2.34. The number of hydrogen-bond acceptors (Lipinski definition) is 3. The lowest BCUT2D eigenvalue weighted by atomic mass is 10.2. The second-order valence-corrected chi connectivity index (χ2v) is 4.44. The van der Waals surface area contributed by atoms with E-state index < -0.39 is 0 Å². The molecule has 4 nitrogen and oxygen atoms in total. The topological polar surface area (TPSA) is 56.1 Å². The van der Waals surface area contributed by atoms with Gasteiger partial charge in [-0.25, -0.2) is 0 Å². The van der Waals surface area contributed by atoms with E-state index in [2.05, 4.69) is 27.3 Å². The molecule has 0 radical (unpaired) electrons. The summed E-state index contributed by atoms with van der Waals surface area (Å²) in [5, 5.41) is 11.5. The highest BCUT2D eigenvalue weighted by Gasteiger charge is 2.08. The summed E-state index contributed by atoms with van der Waals surface area (Å²) < 4.78 is 0.736. The molecule has 0 atom stereocenters. The molecule has 1 amide bonds. The number of carbonyl (C=O) groups is 1. The second-order valence-electron chi connectivity index (χ2n) is 3.59. The number of benzene rings is 1. The van der Waals surface area contributed by atoms with Crippen LogP contribution in [-0.4, -0.2) is 26.0 Å². The van der Waals surface area contributed by atoms with Crippen molar-refractivity contribution in [3.63, 3.8) is 0 Å². The fourth-order valence-electron chi connectivity index (χ4n) is 1.39. The van der Waals surface area contributed by atoms with E-state index >= 15 is 0 Å². The van der Waals surface area contributed by atoms with Crippen molar-refractivity contribution in [2.45, 2.75) is 6.92 Å². The van der Waals surface area contributed by atoms with Gasteiger partial charge in [-0.05, 0) is 41.1 Å². The molecule has 0 saturated heterocycles. The predicted octanol–water partition coefficient (Wildman–Crippen LogP) is 1.89. The van der Waals surface area contributed by atoms with E-state index in [0.29, 0.717) is 18.7 Å². The van der Waals surface area contributed by atoms with Crippen LogP contribution in [0.3, 0.4) is 0 Å². The molecule has 0 aliphatic rings. The van der Waals surface area contributed by atoms with E-state index in [9.17, 15) is 4.79 Å².